The quantitative estimate of drug-likeness (QED) is 0.205. The van der Waals surface area contributed by atoms with E-state index in [1.54, 1.807) is 43.5 Å². The molecular weight excluding hydrogens is 468 g/mol. The molecule has 0 aromatic heterocycles. The van der Waals surface area contributed by atoms with Crippen LogP contribution >= 0.6 is 27.5 Å². The van der Waals surface area contributed by atoms with Crippen LogP contribution in [0.15, 0.2) is 46.0 Å². The number of carbonyl (C=O) groups excluding carboxylic acids is 1. The van der Waals surface area contributed by atoms with Crippen molar-refractivity contribution in [3.05, 3.63) is 57.0 Å². The number of methoxy groups -OCH3 is 1. The van der Waals surface area contributed by atoms with Gasteiger partial charge in [-0.15, -0.1) is 0 Å². The third-order valence-corrected chi connectivity index (χ3v) is 5.29. The Hall–Kier alpha value is -2.05. The molecular formula is C23H28BrClN2O3. The van der Waals surface area contributed by atoms with Crippen LogP contribution in [0.1, 0.15) is 61.4 Å². The summed E-state index contributed by atoms with van der Waals surface area (Å²) in [6.07, 6.45) is 8.66. The molecule has 2 aromatic carbocycles. The van der Waals surface area contributed by atoms with Gasteiger partial charge in [0.15, 0.2) is 11.5 Å². The van der Waals surface area contributed by atoms with Crippen molar-refractivity contribution < 1.29 is 14.3 Å². The van der Waals surface area contributed by atoms with Crippen molar-refractivity contribution in [2.45, 2.75) is 45.4 Å². The van der Waals surface area contributed by atoms with E-state index in [4.69, 9.17) is 21.1 Å². The number of unbranched alkanes of at least 4 members (excludes halogenated alkanes) is 5. The maximum absolute atomic E-state index is 12.1. The van der Waals surface area contributed by atoms with Gasteiger partial charge < -0.3 is 9.47 Å². The van der Waals surface area contributed by atoms with Crippen LogP contribution in [0.2, 0.25) is 5.02 Å². The van der Waals surface area contributed by atoms with Gasteiger partial charge in [-0.2, -0.15) is 5.10 Å². The summed E-state index contributed by atoms with van der Waals surface area (Å²) in [5.41, 5.74) is 3.71. The molecule has 0 radical (unpaired) electrons. The lowest BCUT2D eigenvalue weighted by Crippen LogP contribution is -2.17. The van der Waals surface area contributed by atoms with Gasteiger partial charge in [-0.3, -0.25) is 4.79 Å². The van der Waals surface area contributed by atoms with Crippen molar-refractivity contribution in [1.29, 1.82) is 0 Å². The molecule has 0 atom stereocenters. The van der Waals surface area contributed by atoms with Crippen LogP contribution in [0.5, 0.6) is 11.5 Å². The Morgan fingerprint density at radius 3 is 2.53 bits per heavy atom. The normalized spacial score (nSPS) is 10.9. The first-order valence-corrected chi connectivity index (χ1v) is 11.3. The van der Waals surface area contributed by atoms with Crippen molar-refractivity contribution in [1.82, 2.24) is 5.43 Å². The number of nitrogens with one attached hydrogen (secondary N) is 1. The van der Waals surface area contributed by atoms with E-state index >= 15 is 0 Å². The van der Waals surface area contributed by atoms with E-state index in [2.05, 4.69) is 33.4 Å². The van der Waals surface area contributed by atoms with E-state index in [1.807, 2.05) is 0 Å². The molecule has 162 valence electrons. The number of rotatable bonds is 12. The number of amides is 1. The Morgan fingerprint density at radius 2 is 1.83 bits per heavy atom. The molecule has 0 unspecified atom stereocenters. The van der Waals surface area contributed by atoms with Gasteiger partial charge in [-0.25, -0.2) is 5.43 Å². The first kappa shape index (κ1) is 24.2. The fourth-order valence-corrected chi connectivity index (χ4v) is 3.38. The maximum atomic E-state index is 12.1. The third-order valence-electron chi connectivity index (χ3n) is 4.48. The average molecular weight is 496 g/mol. The molecule has 0 saturated carbocycles. The molecule has 0 aliphatic carbocycles. The van der Waals surface area contributed by atoms with Gasteiger partial charge in [0.05, 0.1) is 25.0 Å². The number of carbonyl (C=O) groups is 1. The summed E-state index contributed by atoms with van der Waals surface area (Å²) in [6, 6.07) is 10.5. The van der Waals surface area contributed by atoms with Crippen LogP contribution in [0.4, 0.5) is 0 Å². The van der Waals surface area contributed by atoms with Gasteiger partial charge in [-0.1, -0.05) is 66.6 Å². The van der Waals surface area contributed by atoms with Crippen molar-refractivity contribution in [3.8, 4) is 11.5 Å². The first-order chi connectivity index (χ1) is 14.5. The highest BCUT2D eigenvalue weighted by Gasteiger charge is 2.12. The number of hydrogen-bond acceptors (Lipinski definition) is 4. The molecule has 1 amide bonds. The number of nitrogens with zero attached hydrogens (tertiary/aromatic N) is 1. The van der Waals surface area contributed by atoms with Gasteiger partial charge in [0.25, 0.3) is 5.91 Å². The van der Waals surface area contributed by atoms with Crippen LogP contribution in [-0.2, 0) is 0 Å². The molecule has 0 fully saturated rings. The molecule has 0 saturated heterocycles. The molecule has 5 nitrogen and oxygen atoms in total. The molecule has 30 heavy (non-hydrogen) atoms. The van der Waals surface area contributed by atoms with Crippen molar-refractivity contribution in [2.75, 3.05) is 13.7 Å². The van der Waals surface area contributed by atoms with E-state index in [0.717, 1.165) is 17.3 Å². The average Bonchev–Trinajstić information content (AvgIpc) is 2.74. The highest BCUT2D eigenvalue weighted by atomic mass is 79.9. The fraction of sp³-hybridized carbons (Fsp3) is 0.391. The van der Waals surface area contributed by atoms with Crippen molar-refractivity contribution >= 4 is 39.7 Å². The Bertz CT molecular complexity index is 841. The minimum Gasteiger partial charge on any atom is -0.493 e. The zero-order chi connectivity index (χ0) is 21.8. The topological polar surface area (TPSA) is 59.9 Å². The summed E-state index contributed by atoms with van der Waals surface area (Å²) in [5, 5.41) is 4.45. The van der Waals surface area contributed by atoms with Gasteiger partial charge in [-0.05, 0) is 48.4 Å². The number of hydrogen-bond donors (Lipinski definition) is 1. The lowest BCUT2D eigenvalue weighted by Gasteiger charge is -2.13. The van der Waals surface area contributed by atoms with Crippen LogP contribution < -0.4 is 14.9 Å². The third kappa shape index (κ3) is 8.00. The van der Waals surface area contributed by atoms with Gasteiger partial charge in [0.2, 0.25) is 0 Å². The lowest BCUT2D eigenvalue weighted by molar-refractivity contribution is 0.0955. The zero-order valence-electron chi connectivity index (χ0n) is 17.4. The second-order valence-corrected chi connectivity index (χ2v) is 8.18. The highest BCUT2D eigenvalue weighted by Crippen LogP contribution is 2.36. The molecule has 0 aliphatic heterocycles. The molecule has 0 bridgehead atoms. The minimum atomic E-state index is -0.296. The molecule has 0 heterocycles. The summed E-state index contributed by atoms with van der Waals surface area (Å²) in [5.74, 6) is 0.772. The van der Waals surface area contributed by atoms with E-state index in [1.165, 1.54) is 31.9 Å². The molecule has 2 aromatic rings. The predicted octanol–water partition coefficient (Wildman–Crippen LogP) is 6.61. The van der Waals surface area contributed by atoms with Gasteiger partial charge >= 0.3 is 0 Å². The van der Waals surface area contributed by atoms with Gasteiger partial charge in [0.1, 0.15) is 0 Å². The molecule has 7 heteroatoms. The first-order valence-electron chi connectivity index (χ1n) is 10.1. The predicted molar refractivity (Wildman–Crippen MR) is 126 cm³/mol. The van der Waals surface area contributed by atoms with E-state index < -0.39 is 0 Å². The Balaban J connectivity index is 1.91. The van der Waals surface area contributed by atoms with Crippen LogP contribution in [0.25, 0.3) is 0 Å². The number of benzene rings is 2. The second-order valence-electron chi connectivity index (χ2n) is 6.86. The van der Waals surface area contributed by atoms with Crippen LogP contribution in [0, 0.1) is 0 Å². The Labute approximate surface area is 191 Å². The van der Waals surface area contributed by atoms with Crippen LogP contribution in [-0.4, -0.2) is 25.8 Å². The lowest BCUT2D eigenvalue weighted by atomic mass is 10.1. The Morgan fingerprint density at radius 1 is 1.13 bits per heavy atom. The zero-order valence-corrected chi connectivity index (χ0v) is 19.8. The summed E-state index contributed by atoms with van der Waals surface area (Å²) < 4.78 is 12.2. The van der Waals surface area contributed by atoms with Crippen LogP contribution in [0.3, 0.4) is 0 Å². The maximum Gasteiger partial charge on any atom is 0.271 e. The van der Waals surface area contributed by atoms with E-state index in [9.17, 15) is 4.79 Å². The molecule has 1 N–H and O–H groups in total. The van der Waals surface area contributed by atoms with Crippen molar-refractivity contribution in [3.63, 3.8) is 0 Å². The number of ether oxygens (including phenoxy) is 2. The van der Waals surface area contributed by atoms with E-state index in [-0.39, 0.29) is 5.91 Å². The molecule has 0 spiro atoms. The number of halogens is 2. The smallest absolute Gasteiger partial charge is 0.271 e. The van der Waals surface area contributed by atoms with E-state index in [0.29, 0.717) is 34.3 Å². The number of hydrazone groups is 1. The second kappa shape index (κ2) is 13.3. The fourth-order valence-electron chi connectivity index (χ4n) is 2.84. The standard InChI is InChI=1S/C23H28BrClN2O3/c1-3-4-5-6-7-8-13-30-22-20(25)14-17(15-21(22)29-2)16-26-27-23(28)18-9-11-19(24)12-10-18/h9-12,14-16H,3-8,13H2,1-2H3,(H,27,28). The summed E-state index contributed by atoms with van der Waals surface area (Å²) in [6.45, 7) is 2.81. The molecule has 2 rings (SSSR count). The largest absolute Gasteiger partial charge is 0.493 e. The van der Waals surface area contributed by atoms with Crippen molar-refractivity contribution in [2.24, 2.45) is 5.10 Å². The summed E-state index contributed by atoms with van der Waals surface area (Å²) in [7, 11) is 1.57. The molecule has 0 aliphatic rings. The highest BCUT2D eigenvalue weighted by molar-refractivity contribution is 9.10. The minimum absolute atomic E-state index is 0.296. The van der Waals surface area contributed by atoms with Gasteiger partial charge in [0, 0.05) is 10.0 Å². The Kier molecular flexibility index (Phi) is 10.7. The monoisotopic (exact) mass is 494 g/mol. The SMILES string of the molecule is CCCCCCCCOc1c(Cl)cc(C=NNC(=O)c2ccc(Br)cc2)cc1OC. The summed E-state index contributed by atoms with van der Waals surface area (Å²) in [4.78, 5) is 12.1. The summed E-state index contributed by atoms with van der Waals surface area (Å²) >= 11 is 9.73.